The molecule has 0 aliphatic carbocycles. The fourth-order valence-electron chi connectivity index (χ4n) is 2.78. The molecule has 1 aliphatic heterocycles. The van der Waals surface area contributed by atoms with E-state index in [1.807, 2.05) is 12.1 Å². The van der Waals surface area contributed by atoms with Crippen molar-refractivity contribution in [2.75, 3.05) is 32.7 Å². The van der Waals surface area contributed by atoms with E-state index < -0.39 is 0 Å². The van der Waals surface area contributed by atoms with Gasteiger partial charge in [0.1, 0.15) is 5.76 Å². The zero-order valence-electron chi connectivity index (χ0n) is 13.3. The second-order valence-electron chi connectivity index (χ2n) is 5.43. The van der Waals surface area contributed by atoms with Crippen molar-refractivity contribution in [3.8, 4) is 12.3 Å². The zero-order chi connectivity index (χ0) is 15.6. The molecular formula is C17H26N4O. The van der Waals surface area contributed by atoms with Crippen molar-refractivity contribution < 1.29 is 4.42 Å². The van der Waals surface area contributed by atoms with Gasteiger partial charge >= 0.3 is 0 Å². The summed E-state index contributed by atoms with van der Waals surface area (Å²) in [6, 6.07) is 4.44. The molecule has 0 saturated carbocycles. The number of rotatable bonds is 7. The van der Waals surface area contributed by atoms with Gasteiger partial charge in [0.25, 0.3) is 0 Å². The van der Waals surface area contributed by atoms with E-state index in [1.165, 1.54) is 19.4 Å². The van der Waals surface area contributed by atoms with E-state index in [0.29, 0.717) is 12.6 Å². The third-order valence-electron chi connectivity index (χ3n) is 3.97. The van der Waals surface area contributed by atoms with Gasteiger partial charge in [-0.2, -0.15) is 0 Å². The van der Waals surface area contributed by atoms with Crippen LogP contribution in [0.5, 0.6) is 0 Å². The summed E-state index contributed by atoms with van der Waals surface area (Å²) in [7, 11) is 0. The average molecular weight is 302 g/mol. The number of guanidine groups is 1. The molecule has 1 saturated heterocycles. The van der Waals surface area contributed by atoms with Crippen LogP contribution in [0.2, 0.25) is 0 Å². The first kappa shape index (κ1) is 16.4. The molecule has 0 amide bonds. The maximum Gasteiger partial charge on any atom is 0.192 e. The third-order valence-corrected chi connectivity index (χ3v) is 3.97. The van der Waals surface area contributed by atoms with Gasteiger partial charge in [-0.25, -0.2) is 0 Å². The first-order valence-corrected chi connectivity index (χ1v) is 8.05. The molecule has 1 atom stereocenters. The van der Waals surface area contributed by atoms with Crippen LogP contribution in [0.1, 0.15) is 25.5 Å². The molecule has 0 bridgehead atoms. The largest absolute Gasteiger partial charge is 0.469 e. The van der Waals surface area contributed by atoms with Gasteiger partial charge in [-0.05, 0) is 38.1 Å². The lowest BCUT2D eigenvalue weighted by Crippen LogP contribution is -2.40. The third kappa shape index (κ3) is 5.12. The van der Waals surface area contributed by atoms with Gasteiger partial charge in [-0.1, -0.05) is 12.8 Å². The van der Waals surface area contributed by atoms with Crippen LogP contribution >= 0.6 is 0 Å². The second-order valence-corrected chi connectivity index (χ2v) is 5.43. The second kappa shape index (κ2) is 9.16. The van der Waals surface area contributed by atoms with Crippen LogP contribution in [-0.2, 0) is 6.42 Å². The maximum atomic E-state index is 5.33. The molecule has 2 heterocycles. The Morgan fingerprint density at radius 3 is 3.18 bits per heavy atom. The Balaban J connectivity index is 1.81. The Morgan fingerprint density at radius 2 is 2.45 bits per heavy atom. The number of nitrogens with one attached hydrogen (secondary N) is 2. The van der Waals surface area contributed by atoms with E-state index in [2.05, 4.69) is 33.4 Å². The molecule has 1 aliphatic rings. The Hall–Kier alpha value is -1.93. The quantitative estimate of drug-likeness (QED) is 0.455. The van der Waals surface area contributed by atoms with E-state index in [4.69, 9.17) is 10.8 Å². The van der Waals surface area contributed by atoms with Crippen LogP contribution in [0.15, 0.2) is 27.8 Å². The predicted octanol–water partition coefficient (Wildman–Crippen LogP) is 1.47. The number of hydrogen-bond donors (Lipinski definition) is 2. The number of terminal acetylenes is 1. The van der Waals surface area contributed by atoms with E-state index in [-0.39, 0.29) is 0 Å². The summed E-state index contributed by atoms with van der Waals surface area (Å²) in [5.74, 6) is 4.34. The number of hydrogen-bond acceptors (Lipinski definition) is 3. The molecule has 5 heteroatoms. The fourth-order valence-corrected chi connectivity index (χ4v) is 2.78. The minimum absolute atomic E-state index is 0.481. The van der Waals surface area contributed by atoms with Gasteiger partial charge in [0, 0.05) is 19.0 Å². The average Bonchev–Trinajstić information content (AvgIpc) is 3.20. The molecule has 0 radical (unpaired) electrons. The lowest BCUT2D eigenvalue weighted by Gasteiger charge is -2.21. The Labute approximate surface area is 133 Å². The smallest absolute Gasteiger partial charge is 0.192 e. The molecule has 22 heavy (non-hydrogen) atoms. The highest BCUT2D eigenvalue weighted by atomic mass is 16.3. The molecule has 2 N–H and O–H groups in total. The number of aliphatic imine (C=N–C) groups is 1. The molecule has 2 rings (SSSR count). The monoisotopic (exact) mass is 302 g/mol. The van der Waals surface area contributed by atoms with Gasteiger partial charge in [0.05, 0.1) is 19.4 Å². The lowest BCUT2D eigenvalue weighted by molar-refractivity contribution is 0.273. The minimum Gasteiger partial charge on any atom is -0.469 e. The van der Waals surface area contributed by atoms with E-state index in [9.17, 15) is 0 Å². The van der Waals surface area contributed by atoms with Crippen molar-refractivity contribution in [1.29, 1.82) is 0 Å². The van der Waals surface area contributed by atoms with Crippen LogP contribution in [0.3, 0.4) is 0 Å². The molecule has 0 aromatic carbocycles. The number of nitrogens with zero attached hydrogens (tertiary/aromatic N) is 2. The van der Waals surface area contributed by atoms with Crippen molar-refractivity contribution in [1.82, 2.24) is 15.5 Å². The summed E-state index contributed by atoms with van der Waals surface area (Å²) in [5.41, 5.74) is 0. The molecule has 1 aromatic heterocycles. The zero-order valence-corrected chi connectivity index (χ0v) is 13.3. The highest BCUT2D eigenvalue weighted by Gasteiger charge is 2.22. The highest BCUT2D eigenvalue weighted by Crippen LogP contribution is 2.16. The molecule has 1 unspecified atom stereocenters. The number of likely N-dealkylation sites (N-methyl/N-ethyl adjacent to an activating group) is 1. The Kier molecular flexibility index (Phi) is 6.85. The predicted molar refractivity (Wildman–Crippen MR) is 89.8 cm³/mol. The summed E-state index contributed by atoms with van der Waals surface area (Å²) in [5, 5.41) is 6.47. The van der Waals surface area contributed by atoms with E-state index >= 15 is 0 Å². The van der Waals surface area contributed by atoms with Gasteiger partial charge in [0.2, 0.25) is 0 Å². The van der Waals surface area contributed by atoms with Crippen molar-refractivity contribution in [2.45, 2.75) is 32.2 Å². The summed E-state index contributed by atoms with van der Waals surface area (Å²) in [6.07, 6.45) is 10.3. The van der Waals surface area contributed by atoms with Crippen molar-refractivity contribution in [3.63, 3.8) is 0 Å². The van der Waals surface area contributed by atoms with Crippen LogP contribution in [-0.4, -0.2) is 49.6 Å². The summed E-state index contributed by atoms with van der Waals surface area (Å²) in [6.45, 7) is 6.56. The summed E-state index contributed by atoms with van der Waals surface area (Å²) >= 11 is 0. The van der Waals surface area contributed by atoms with Crippen LogP contribution < -0.4 is 10.6 Å². The fraction of sp³-hybridized carbons (Fsp3) is 0.588. The lowest BCUT2D eigenvalue weighted by atomic mass is 10.2. The summed E-state index contributed by atoms with van der Waals surface area (Å²) < 4.78 is 5.33. The Bertz CT molecular complexity index is 489. The van der Waals surface area contributed by atoms with Gasteiger partial charge < -0.3 is 15.1 Å². The van der Waals surface area contributed by atoms with Crippen molar-refractivity contribution in [2.24, 2.45) is 4.99 Å². The summed E-state index contributed by atoms with van der Waals surface area (Å²) in [4.78, 5) is 7.18. The maximum absolute atomic E-state index is 5.33. The van der Waals surface area contributed by atoms with E-state index in [1.54, 1.807) is 6.26 Å². The van der Waals surface area contributed by atoms with Crippen LogP contribution in [0.4, 0.5) is 0 Å². The molecule has 0 spiro atoms. The molecule has 120 valence electrons. The van der Waals surface area contributed by atoms with Crippen LogP contribution in [0, 0.1) is 12.3 Å². The standard InChI is InChI=1S/C17H26N4O/c1-3-10-18-17(19-11-9-16-8-6-13-22-16)20-14-15-7-5-12-21(15)4-2/h1,6,8,13,15H,4-5,7,9-12,14H2,2H3,(H2,18,19,20). The first-order chi connectivity index (χ1) is 10.8. The number of furan rings is 1. The topological polar surface area (TPSA) is 52.8 Å². The molecule has 1 aromatic rings. The number of likely N-dealkylation sites (tertiary alicyclic amines) is 1. The van der Waals surface area contributed by atoms with Crippen molar-refractivity contribution in [3.05, 3.63) is 24.2 Å². The molecule has 1 fully saturated rings. The Morgan fingerprint density at radius 1 is 1.55 bits per heavy atom. The van der Waals surface area contributed by atoms with Crippen molar-refractivity contribution >= 4 is 5.96 Å². The normalized spacial score (nSPS) is 19.1. The van der Waals surface area contributed by atoms with Gasteiger partial charge in [-0.3, -0.25) is 9.89 Å². The van der Waals surface area contributed by atoms with Gasteiger partial charge in [0.15, 0.2) is 5.96 Å². The molecular weight excluding hydrogens is 276 g/mol. The highest BCUT2D eigenvalue weighted by molar-refractivity contribution is 5.80. The first-order valence-electron chi connectivity index (χ1n) is 8.05. The van der Waals surface area contributed by atoms with Crippen LogP contribution in [0.25, 0.3) is 0 Å². The SMILES string of the molecule is C#CCNC(=NCC1CCCN1CC)NCCc1ccco1. The minimum atomic E-state index is 0.481. The molecule has 5 nitrogen and oxygen atoms in total. The van der Waals surface area contributed by atoms with E-state index in [0.717, 1.165) is 37.8 Å². The van der Waals surface area contributed by atoms with Gasteiger partial charge in [-0.15, -0.1) is 6.42 Å².